The molecule has 0 bridgehead atoms. The Morgan fingerprint density at radius 1 is 0.466 bits per heavy atom. The Kier molecular flexibility index (Phi) is 10.3. The summed E-state index contributed by atoms with van der Waals surface area (Å²) in [4.78, 5) is 4.90. The van der Waals surface area contributed by atoms with Gasteiger partial charge in [-0.05, 0) is 149 Å². The fraction of sp³-hybridized carbons (Fsp3) is 0.100. The molecule has 0 amide bonds. The van der Waals surface area contributed by atoms with E-state index in [0.717, 1.165) is 77.0 Å². The third kappa shape index (κ3) is 8.50. The van der Waals surface area contributed by atoms with E-state index in [1.807, 2.05) is 149 Å². The standard InChI is InChI=1S/C80H56N4O3.Pt/c1-79(2,3)51-36-37-81-76(44-51)84-69-27-14-11-24-60(69)61-33-32-55(46-70(61)84)85-54-19-17-18-53(45-54)82-47-83-77-64(49-31-35-75-66(39-49)63-26-13-16-29-73(63)87-75)42-52(80(4,5)6)43-68(77)59-23-10-8-21-57(59)56-20-7-9-22-58(56)67-40-50(41-71(82)78(67)83)48-30-34-74-65(38-48)62-25-12-15-28-72(62)86-74;/h7-44H,1-6H3;/q-2;/i7D,8D,9D,10D,20D,21D,22D,23D;. The maximum absolute atomic E-state index is 10.2. The smallest absolute Gasteiger partial charge is 0.268 e. The van der Waals surface area contributed by atoms with Crippen LogP contribution in [0.2, 0.25) is 0 Å². The number of hydrogen-bond acceptors (Lipinski definition) is 4. The minimum atomic E-state index is -0.562. The van der Waals surface area contributed by atoms with Gasteiger partial charge in [0.1, 0.15) is 28.1 Å². The topological polar surface area (TPSA) is 62.1 Å². The molecule has 0 atom stereocenters. The third-order valence-corrected chi connectivity index (χ3v) is 17.1. The van der Waals surface area contributed by atoms with Gasteiger partial charge < -0.3 is 22.7 Å². The minimum absolute atomic E-state index is 0. The first-order chi connectivity index (χ1) is 45.7. The predicted octanol–water partition coefficient (Wildman–Crippen LogP) is 20.6. The molecule has 8 heteroatoms. The van der Waals surface area contributed by atoms with Crippen LogP contribution >= 0.6 is 0 Å². The summed E-state index contributed by atoms with van der Waals surface area (Å²) in [5, 5.41) is 5.55. The van der Waals surface area contributed by atoms with Crippen molar-refractivity contribution in [1.82, 2.24) is 14.1 Å². The SMILES string of the molecule is [2H]c1c([2H])c([2H])c2c(c1[2H])-c1cc(C(C)(C)C)cc(-c3ccc4oc5ccccc5c4c3)c1-[n+]1[c-]n(-c3[c-]c(Oc4[c-]c5c(cc4)c4ccccc4n5-c4cc(C(C)(C)C)ccn4)ccc3)c3cc(-c4ccc5oc6ccccc6c5c4)cc(c31)-c1c([2H])c([2H])c([2H])c([2H])c1-2.[Pt]. The maximum Gasteiger partial charge on any atom is 0.268 e. The second kappa shape index (κ2) is 20.0. The Hall–Kier alpha value is -10.1. The fourth-order valence-corrected chi connectivity index (χ4v) is 12.8. The van der Waals surface area contributed by atoms with Crippen molar-refractivity contribution < 1.29 is 50.2 Å². The number of aromatic nitrogens is 4. The molecule has 16 aromatic rings. The third-order valence-electron chi connectivity index (χ3n) is 17.1. The summed E-state index contributed by atoms with van der Waals surface area (Å²) >= 11 is 0. The van der Waals surface area contributed by atoms with Crippen LogP contribution in [0.4, 0.5) is 0 Å². The van der Waals surface area contributed by atoms with E-state index in [9.17, 15) is 11.0 Å². The molecule has 426 valence electrons. The van der Waals surface area contributed by atoms with E-state index in [2.05, 4.69) is 107 Å². The normalized spacial score (nSPS) is 13.6. The molecule has 5 aromatic heterocycles. The summed E-state index contributed by atoms with van der Waals surface area (Å²) < 4.78 is 104. The number of imidazole rings is 1. The van der Waals surface area contributed by atoms with Crippen LogP contribution in [0.1, 0.15) is 63.6 Å². The molecule has 7 nitrogen and oxygen atoms in total. The molecule has 0 aliphatic carbocycles. The molecule has 0 saturated carbocycles. The van der Waals surface area contributed by atoms with Gasteiger partial charge >= 0.3 is 0 Å². The molecule has 0 spiro atoms. The zero-order chi connectivity index (χ0) is 65.4. The Balaban J connectivity index is 0.00000725. The first-order valence-electron chi connectivity index (χ1n) is 33.1. The molecule has 17 rings (SSSR count). The largest absolute Gasteiger partial charge is 0.510 e. The summed E-state index contributed by atoms with van der Waals surface area (Å²) in [6.45, 7) is 12.8. The van der Waals surface area contributed by atoms with E-state index in [4.69, 9.17) is 18.6 Å². The second-order valence-corrected chi connectivity index (χ2v) is 24.5. The van der Waals surface area contributed by atoms with Gasteiger partial charge in [-0.3, -0.25) is 4.57 Å². The van der Waals surface area contributed by atoms with Crippen LogP contribution in [0, 0.1) is 18.5 Å². The van der Waals surface area contributed by atoms with E-state index < -0.39 is 47.7 Å². The number of fused-ring (bicyclic) bond motifs is 16. The van der Waals surface area contributed by atoms with Gasteiger partial charge in [0.25, 0.3) is 6.33 Å². The van der Waals surface area contributed by atoms with E-state index in [1.165, 1.54) is 0 Å². The van der Waals surface area contributed by atoms with Crippen molar-refractivity contribution >= 4 is 76.7 Å². The number of ether oxygens (including phenoxy) is 1. The Bertz CT molecular complexity index is 6050. The van der Waals surface area contributed by atoms with Crippen molar-refractivity contribution in [3.8, 4) is 84.3 Å². The van der Waals surface area contributed by atoms with Gasteiger partial charge in [-0.15, -0.1) is 29.7 Å². The van der Waals surface area contributed by atoms with Gasteiger partial charge in [0.05, 0.1) is 27.7 Å². The molecule has 0 unspecified atom stereocenters. The summed E-state index contributed by atoms with van der Waals surface area (Å²) in [5.41, 5.74) is 11.2. The number of pyridine rings is 1. The molecule has 6 heterocycles. The molecule has 0 fully saturated rings. The number of hydrogen-bond donors (Lipinski definition) is 0. The van der Waals surface area contributed by atoms with Gasteiger partial charge in [-0.2, -0.15) is 18.2 Å². The summed E-state index contributed by atoms with van der Waals surface area (Å²) in [5.74, 6) is 1.53. The molecular weight excluding hydrogens is 1260 g/mol. The van der Waals surface area contributed by atoms with E-state index >= 15 is 0 Å². The van der Waals surface area contributed by atoms with Crippen LogP contribution < -0.4 is 9.30 Å². The van der Waals surface area contributed by atoms with Gasteiger partial charge in [0.2, 0.25) is 0 Å². The zero-order valence-corrected chi connectivity index (χ0v) is 50.9. The Morgan fingerprint density at radius 2 is 1.06 bits per heavy atom. The predicted molar refractivity (Wildman–Crippen MR) is 353 cm³/mol. The van der Waals surface area contributed by atoms with Crippen LogP contribution in [0.3, 0.4) is 0 Å². The summed E-state index contributed by atoms with van der Waals surface area (Å²) in [7, 11) is 0. The molecular formula is C80H56N4O3Pt-2. The van der Waals surface area contributed by atoms with Crippen molar-refractivity contribution in [1.29, 1.82) is 0 Å². The van der Waals surface area contributed by atoms with Gasteiger partial charge in [-0.25, -0.2) is 4.98 Å². The average molecular weight is 1320 g/mol. The minimum Gasteiger partial charge on any atom is -0.510 e. The molecule has 1 aliphatic rings. The average Bonchev–Trinajstić information content (AvgIpc) is 1.44. The molecule has 0 radical (unpaired) electrons. The van der Waals surface area contributed by atoms with Crippen molar-refractivity contribution in [2.24, 2.45) is 0 Å². The number of rotatable bonds is 6. The monoisotopic (exact) mass is 1320 g/mol. The molecule has 0 saturated heterocycles. The number of furan rings is 2. The molecule has 11 aromatic carbocycles. The van der Waals surface area contributed by atoms with Gasteiger partial charge in [-0.1, -0.05) is 180 Å². The van der Waals surface area contributed by atoms with E-state index in [0.29, 0.717) is 72.9 Å². The molecule has 0 N–H and O–H groups in total. The van der Waals surface area contributed by atoms with Gasteiger partial charge in [0.15, 0.2) is 0 Å². The van der Waals surface area contributed by atoms with Crippen LogP contribution in [0.5, 0.6) is 11.5 Å². The van der Waals surface area contributed by atoms with Crippen molar-refractivity contribution in [2.45, 2.75) is 52.4 Å². The first kappa shape index (κ1) is 45.3. The first-order valence-corrected chi connectivity index (χ1v) is 29.1. The zero-order valence-electron chi connectivity index (χ0n) is 56.7. The van der Waals surface area contributed by atoms with E-state index in [-0.39, 0.29) is 54.8 Å². The Morgan fingerprint density at radius 3 is 1.75 bits per heavy atom. The van der Waals surface area contributed by atoms with E-state index in [1.54, 1.807) is 0 Å². The number of para-hydroxylation sites is 3. The molecule has 88 heavy (non-hydrogen) atoms. The quantitative estimate of drug-likeness (QED) is 0.123. The van der Waals surface area contributed by atoms with Crippen molar-refractivity contribution in [3.63, 3.8) is 0 Å². The van der Waals surface area contributed by atoms with Crippen LogP contribution in [-0.2, 0) is 31.9 Å². The van der Waals surface area contributed by atoms with Crippen molar-refractivity contribution in [2.75, 3.05) is 0 Å². The summed E-state index contributed by atoms with van der Waals surface area (Å²) in [6.07, 6.45) is 5.67. The van der Waals surface area contributed by atoms with Crippen molar-refractivity contribution in [3.05, 3.63) is 260 Å². The number of nitrogens with zero attached hydrogens (tertiary/aromatic N) is 4. The Labute approximate surface area is 534 Å². The fourth-order valence-electron chi connectivity index (χ4n) is 12.8. The van der Waals surface area contributed by atoms with Gasteiger partial charge in [0, 0.05) is 65.8 Å². The maximum atomic E-state index is 10.2. The van der Waals surface area contributed by atoms with Crippen LogP contribution in [-0.4, -0.2) is 14.1 Å². The van der Waals surface area contributed by atoms with Crippen LogP contribution in [0.15, 0.2) is 239 Å². The molecule has 1 aliphatic heterocycles. The number of benzene rings is 11. The summed E-state index contributed by atoms with van der Waals surface area (Å²) in [6, 6.07) is 61.1. The van der Waals surface area contributed by atoms with Crippen LogP contribution in [0.25, 0.3) is 150 Å². The second-order valence-electron chi connectivity index (χ2n) is 24.5.